The summed E-state index contributed by atoms with van der Waals surface area (Å²) in [6.45, 7) is 3.83. The normalized spacial score (nSPS) is 14.9. The maximum absolute atomic E-state index is 12.9. The zero-order valence-electron chi connectivity index (χ0n) is 16.8. The smallest absolute Gasteiger partial charge is 0.265 e. The summed E-state index contributed by atoms with van der Waals surface area (Å²) >= 11 is 0. The Kier molecular flexibility index (Phi) is 5.95. The number of benzene rings is 3. The largest absolute Gasteiger partial charge is 0.481 e. The summed E-state index contributed by atoms with van der Waals surface area (Å²) in [6, 6.07) is 20.7. The minimum atomic E-state index is -0.724. The summed E-state index contributed by atoms with van der Waals surface area (Å²) in [7, 11) is 0. The van der Waals surface area contributed by atoms with Gasteiger partial charge in [0.2, 0.25) is 0 Å². The number of amides is 2. The zero-order valence-corrected chi connectivity index (χ0v) is 16.8. The number of morpholine rings is 1. The van der Waals surface area contributed by atoms with Crippen LogP contribution in [-0.4, -0.2) is 49.1 Å². The van der Waals surface area contributed by atoms with Crippen molar-refractivity contribution in [3.63, 3.8) is 0 Å². The first kappa shape index (κ1) is 19.9. The monoisotopic (exact) mass is 404 g/mol. The average Bonchev–Trinajstić information content (AvgIpc) is 2.79. The second-order valence-corrected chi connectivity index (χ2v) is 7.21. The Labute approximate surface area is 175 Å². The van der Waals surface area contributed by atoms with Crippen molar-refractivity contribution in [2.24, 2.45) is 0 Å². The van der Waals surface area contributed by atoms with Gasteiger partial charge >= 0.3 is 0 Å². The molecule has 0 bridgehead atoms. The van der Waals surface area contributed by atoms with Crippen molar-refractivity contribution < 1.29 is 19.1 Å². The van der Waals surface area contributed by atoms with E-state index in [9.17, 15) is 9.59 Å². The third-order valence-electron chi connectivity index (χ3n) is 5.12. The maximum Gasteiger partial charge on any atom is 0.265 e. The van der Waals surface area contributed by atoms with E-state index in [-0.39, 0.29) is 11.8 Å². The van der Waals surface area contributed by atoms with E-state index in [1.807, 2.05) is 42.5 Å². The molecule has 1 heterocycles. The molecule has 30 heavy (non-hydrogen) atoms. The molecule has 1 fully saturated rings. The predicted molar refractivity (Wildman–Crippen MR) is 116 cm³/mol. The van der Waals surface area contributed by atoms with Crippen LogP contribution in [0.3, 0.4) is 0 Å². The summed E-state index contributed by atoms with van der Waals surface area (Å²) in [4.78, 5) is 27.4. The quantitative estimate of drug-likeness (QED) is 0.704. The van der Waals surface area contributed by atoms with Gasteiger partial charge in [0.25, 0.3) is 11.8 Å². The lowest BCUT2D eigenvalue weighted by molar-refractivity contribution is -0.122. The highest BCUT2D eigenvalue weighted by atomic mass is 16.5. The summed E-state index contributed by atoms with van der Waals surface area (Å²) in [6.07, 6.45) is -0.724. The van der Waals surface area contributed by atoms with Crippen LogP contribution in [0, 0.1) is 0 Å². The van der Waals surface area contributed by atoms with E-state index in [1.165, 1.54) is 0 Å². The first-order chi connectivity index (χ1) is 14.6. The standard InChI is InChI=1S/C24H24N2O4/c1-17(30-20-11-10-18-6-2-3-7-19(18)16-20)23(27)25-22-9-5-4-8-21(22)24(28)26-12-14-29-15-13-26/h2-11,16-17H,12-15H2,1H3,(H,25,27)/t17-/m0/s1. The van der Waals surface area contributed by atoms with Gasteiger partial charge < -0.3 is 19.7 Å². The van der Waals surface area contributed by atoms with Crippen molar-refractivity contribution >= 4 is 28.3 Å². The number of nitrogens with zero attached hydrogens (tertiary/aromatic N) is 1. The van der Waals surface area contributed by atoms with E-state index in [1.54, 1.807) is 36.1 Å². The van der Waals surface area contributed by atoms with Crippen molar-refractivity contribution in [2.45, 2.75) is 13.0 Å². The summed E-state index contributed by atoms with van der Waals surface area (Å²) in [5.41, 5.74) is 0.943. The molecule has 0 saturated carbocycles. The molecule has 3 aromatic carbocycles. The number of nitrogens with one attached hydrogen (secondary N) is 1. The summed E-state index contributed by atoms with van der Waals surface area (Å²) in [5, 5.41) is 5.00. The fraction of sp³-hybridized carbons (Fsp3) is 0.250. The molecule has 1 atom stereocenters. The highest BCUT2D eigenvalue weighted by Gasteiger charge is 2.23. The lowest BCUT2D eigenvalue weighted by Gasteiger charge is -2.27. The topological polar surface area (TPSA) is 67.9 Å². The first-order valence-corrected chi connectivity index (χ1v) is 10.0. The van der Waals surface area contributed by atoms with Crippen LogP contribution in [0.15, 0.2) is 66.7 Å². The van der Waals surface area contributed by atoms with Gasteiger partial charge in [-0.05, 0) is 42.0 Å². The van der Waals surface area contributed by atoms with E-state index < -0.39 is 6.10 Å². The molecular weight excluding hydrogens is 380 g/mol. The lowest BCUT2D eigenvalue weighted by Crippen LogP contribution is -2.41. The van der Waals surface area contributed by atoms with Gasteiger partial charge in [-0.2, -0.15) is 0 Å². The Morgan fingerprint density at radius 1 is 0.967 bits per heavy atom. The van der Waals surface area contributed by atoms with Gasteiger partial charge in [0.1, 0.15) is 5.75 Å². The molecule has 2 amide bonds. The van der Waals surface area contributed by atoms with Crippen LogP contribution in [0.1, 0.15) is 17.3 Å². The molecule has 0 spiro atoms. The number of anilines is 1. The van der Waals surface area contributed by atoms with Crippen LogP contribution in [0.4, 0.5) is 5.69 Å². The Morgan fingerprint density at radius 2 is 1.67 bits per heavy atom. The number of rotatable bonds is 5. The molecule has 1 aliphatic rings. The molecule has 1 N–H and O–H groups in total. The van der Waals surface area contributed by atoms with Crippen molar-refractivity contribution in [3.8, 4) is 5.75 Å². The number of para-hydroxylation sites is 1. The zero-order chi connectivity index (χ0) is 20.9. The molecule has 3 aromatic rings. The molecule has 6 nitrogen and oxygen atoms in total. The number of carbonyl (C=O) groups excluding carboxylic acids is 2. The summed E-state index contributed by atoms with van der Waals surface area (Å²) in [5.74, 6) is 0.191. The van der Waals surface area contributed by atoms with Gasteiger partial charge in [-0.1, -0.05) is 42.5 Å². The van der Waals surface area contributed by atoms with Crippen molar-refractivity contribution in [3.05, 3.63) is 72.3 Å². The molecule has 0 aromatic heterocycles. The Balaban J connectivity index is 1.45. The highest BCUT2D eigenvalue weighted by molar-refractivity contribution is 6.04. The third-order valence-corrected chi connectivity index (χ3v) is 5.12. The van der Waals surface area contributed by atoms with Crippen molar-refractivity contribution in [1.29, 1.82) is 0 Å². The molecule has 4 rings (SSSR count). The number of fused-ring (bicyclic) bond motifs is 1. The molecule has 1 aliphatic heterocycles. The number of hydrogen-bond donors (Lipinski definition) is 1. The van der Waals surface area contributed by atoms with E-state index in [4.69, 9.17) is 9.47 Å². The van der Waals surface area contributed by atoms with Crippen LogP contribution in [0.5, 0.6) is 5.75 Å². The van der Waals surface area contributed by atoms with Gasteiger partial charge in [0, 0.05) is 13.1 Å². The van der Waals surface area contributed by atoms with Crippen LogP contribution in [0.25, 0.3) is 10.8 Å². The highest BCUT2D eigenvalue weighted by Crippen LogP contribution is 2.22. The number of ether oxygens (including phenoxy) is 2. The second kappa shape index (κ2) is 8.97. The first-order valence-electron chi connectivity index (χ1n) is 10.0. The molecule has 0 unspecified atom stereocenters. The van der Waals surface area contributed by atoms with Gasteiger partial charge in [0.05, 0.1) is 24.5 Å². The molecule has 0 radical (unpaired) electrons. The Bertz CT molecular complexity index is 1060. The van der Waals surface area contributed by atoms with Crippen LogP contribution < -0.4 is 10.1 Å². The third kappa shape index (κ3) is 4.44. The van der Waals surface area contributed by atoms with E-state index >= 15 is 0 Å². The Hall–Kier alpha value is -3.38. The van der Waals surface area contributed by atoms with E-state index in [0.717, 1.165) is 10.8 Å². The van der Waals surface area contributed by atoms with Crippen LogP contribution in [-0.2, 0) is 9.53 Å². The fourth-order valence-electron chi connectivity index (χ4n) is 3.45. The van der Waals surface area contributed by atoms with E-state index in [2.05, 4.69) is 5.32 Å². The van der Waals surface area contributed by atoms with Gasteiger partial charge in [0.15, 0.2) is 6.10 Å². The number of hydrogen-bond acceptors (Lipinski definition) is 4. The van der Waals surface area contributed by atoms with Crippen molar-refractivity contribution in [2.75, 3.05) is 31.6 Å². The minimum absolute atomic E-state index is 0.114. The average molecular weight is 404 g/mol. The minimum Gasteiger partial charge on any atom is -0.481 e. The van der Waals surface area contributed by atoms with Crippen LogP contribution >= 0.6 is 0 Å². The molecule has 0 aliphatic carbocycles. The molecule has 154 valence electrons. The number of carbonyl (C=O) groups is 2. The molecular formula is C24H24N2O4. The maximum atomic E-state index is 12.9. The van der Waals surface area contributed by atoms with Crippen LogP contribution in [0.2, 0.25) is 0 Å². The lowest BCUT2D eigenvalue weighted by atomic mass is 10.1. The van der Waals surface area contributed by atoms with Gasteiger partial charge in [-0.3, -0.25) is 9.59 Å². The Morgan fingerprint density at radius 3 is 2.47 bits per heavy atom. The van der Waals surface area contributed by atoms with Gasteiger partial charge in [-0.25, -0.2) is 0 Å². The second-order valence-electron chi connectivity index (χ2n) is 7.21. The van der Waals surface area contributed by atoms with Gasteiger partial charge in [-0.15, -0.1) is 0 Å². The SMILES string of the molecule is C[C@H](Oc1ccc2ccccc2c1)C(=O)Nc1ccccc1C(=O)N1CCOCC1. The van der Waals surface area contributed by atoms with E-state index in [0.29, 0.717) is 43.3 Å². The molecule has 6 heteroatoms. The molecule has 1 saturated heterocycles. The summed E-state index contributed by atoms with van der Waals surface area (Å²) < 4.78 is 11.2. The predicted octanol–water partition coefficient (Wildman–Crippen LogP) is 3.72. The fourth-order valence-corrected chi connectivity index (χ4v) is 3.45. The van der Waals surface area contributed by atoms with Crippen molar-refractivity contribution in [1.82, 2.24) is 4.90 Å².